The van der Waals surface area contributed by atoms with Gasteiger partial charge in [0.25, 0.3) is 5.56 Å². The van der Waals surface area contributed by atoms with Crippen LogP contribution in [-0.4, -0.2) is 27.5 Å². The van der Waals surface area contributed by atoms with E-state index in [1.165, 1.54) is 4.68 Å². The maximum Gasteiger partial charge on any atom is 0.298 e. The Bertz CT molecular complexity index is 1200. The van der Waals surface area contributed by atoms with Gasteiger partial charge in [0.1, 0.15) is 22.6 Å². The van der Waals surface area contributed by atoms with Crippen molar-refractivity contribution in [2.75, 3.05) is 6.61 Å². The average molecular weight is 374 g/mol. The zero-order valence-electron chi connectivity index (χ0n) is 16.0. The summed E-state index contributed by atoms with van der Waals surface area (Å²) in [5, 5.41) is 5.29. The van der Waals surface area contributed by atoms with Gasteiger partial charge in [-0.3, -0.25) is 4.79 Å². The number of aromatic amines is 1. The van der Waals surface area contributed by atoms with Crippen molar-refractivity contribution in [3.63, 3.8) is 0 Å². The molecule has 28 heavy (non-hydrogen) atoms. The van der Waals surface area contributed by atoms with Crippen molar-refractivity contribution in [2.24, 2.45) is 5.10 Å². The van der Waals surface area contributed by atoms with Crippen molar-refractivity contribution in [3.05, 3.63) is 70.3 Å². The first-order valence-electron chi connectivity index (χ1n) is 9.44. The molecule has 0 aliphatic rings. The lowest BCUT2D eigenvalue weighted by Gasteiger charge is -2.05. The van der Waals surface area contributed by atoms with Crippen molar-refractivity contribution < 1.29 is 4.74 Å². The Morgan fingerprint density at radius 2 is 1.96 bits per heavy atom. The number of benzene rings is 2. The number of nitrogens with zero attached hydrogens (tertiary/aromatic N) is 3. The van der Waals surface area contributed by atoms with Crippen LogP contribution in [0.3, 0.4) is 0 Å². The van der Waals surface area contributed by atoms with Crippen molar-refractivity contribution >= 4 is 28.2 Å². The lowest BCUT2D eigenvalue weighted by molar-refractivity contribution is 0.309. The van der Waals surface area contributed by atoms with Crippen molar-refractivity contribution in [2.45, 2.75) is 26.7 Å². The Morgan fingerprint density at radius 1 is 1.18 bits per heavy atom. The highest BCUT2D eigenvalue weighted by Gasteiger charge is 2.12. The molecule has 0 fully saturated rings. The first-order chi connectivity index (χ1) is 13.7. The van der Waals surface area contributed by atoms with E-state index in [1.807, 2.05) is 48.5 Å². The van der Waals surface area contributed by atoms with Crippen LogP contribution in [0.5, 0.6) is 5.75 Å². The SMILES string of the molecule is CCCCOc1ccc(/C=N\n2c(C)nc3c([nH]c4ccccc43)c2=O)cc1. The Hall–Kier alpha value is -3.41. The Labute approximate surface area is 162 Å². The first kappa shape index (κ1) is 18.0. The quantitative estimate of drug-likeness (QED) is 0.405. The second-order valence-electron chi connectivity index (χ2n) is 6.69. The van der Waals surface area contributed by atoms with Crippen LogP contribution in [0, 0.1) is 6.92 Å². The van der Waals surface area contributed by atoms with Gasteiger partial charge in [0, 0.05) is 10.9 Å². The van der Waals surface area contributed by atoms with Gasteiger partial charge in [0.05, 0.1) is 12.8 Å². The summed E-state index contributed by atoms with van der Waals surface area (Å²) in [5.74, 6) is 1.37. The number of fused-ring (bicyclic) bond motifs is 3. The van der Waals surface area contributed by atoms with Crippen molar-refractivity contribution in [3.8, 4) is 5.75 Å². The molecule has 2 heterocycles. The van der Waals surface area contributed by atoms with E-state index in [0.717, 1.165) is 35.1 Å². The standard InChI is InChI=1S/C22H22N4O2/c1-3-4-13-28-17-11-9-16(10-12-17)14-23-26-15(2)24-20-18-7-5-6-8-19(18)25-21(20)22(26)27/h5-12,14,25H,3-4,13H2,1-2H3/b23-14-. The molecule has 6 nitrogen and oxygen atoms in total. The molecule has 6 heteroatoms. The fraction of sp³-hybridized carbons (Fsp3) is 0.227. The fourth-order valence-electron chi connectivity index (χ4n) is 3.10. The molecule has 0 unspecified atom stereocenters. The molecular formula is C22H22N4O2. The molecular weight excluding hydrogens is 352 g/mol. The predicted octanol–water partition coefficient (Wildman–Crippen LogP) is 4.25. The highest BCUT2D eigenvalue weighted by Crippen LogP contribution is 2.21. The predicted molar refractivity (Wildman–Crippen MR) is 112 cm³/mol. The molecule has 4 rings (SSSR count). The summed E-state index contributed by atoms with van der Waals surface area (Å²) in [5.41, 5.74) is 2.70. The number of hydrogen-bond acceptors (Lipinski definition) is 4. The van der Waals surface area contributed by atoms with Crippen molar-refractivity contribution in [1.82, 2.24) is 14.6 Å². The van der Waals surface area contributed by atoms with E-state index in [9.17, 15) is 4.79 Å². The molecule has 2 aromatic heterocycles. The third-order valence-electron chi connectivity index (χ3n) is 4.63. The number of H-pyrrole nitrogens is 1. The summed E-state index contributed by atoms with van der Waals surface area (Å²) in [6.45, 7) is 4.63. The smallest absolute Gasteiger partial charge is 0.298 e. The lowest BCUT2D eigenvalue weighted by atomic mass is 10.2. The molecule has 1 N–H and O–H groups in total. The number of nitrogens with one attached hydrogen (secondary N) is 1. The molecule has 0 amide bonds. The van der Waals surface area contributed by atoms with Crippen LogP contribution in [0.15, 0.2) is 58.4 Å². The minimum atomic E-state index is -0.213. The maximum absolute atomic E-state index is 12.9. The molecule has 0 saturated heterocycles. The van der Waals surface area contributed by atoms with Crippen molar-refractivity contribution in [1.29, 1.82) is 0 Å². The van der Waals surface area contributed by atoms with Gasteiger partial charge in [-0.2, -0.15) is 9.78 Å². The number of aryl methyl sites for hydroxylation is 1. The van der Waals surface area contributed by atoms with Crippen LogP contribution in [0.2, 0.25) is 0 Å². The van der Waals surface area contributed by atoms with E-state index in [4.69, 9.17) is 4.74 Å². The van der Waals surface area contributed by atoms with Crippen LogP contribution in [0.1, 0.15) is 31.2 Å². The third-order valence-corrected chi connectivity index (χ3v) is 4.63. The summed E-state index contributed by atoms with van der Waals surface area (Å²) in [7, 11) is 0. The largest absolute Gasteiger partial charge is 0.494 e. The van der Waals surface area contributed by atoms with E-state index in [0.29, 0.717) is 23.5 Å². The monoisotopic (exact) mass is 374 g/mol. The number of aromatic nitrogens is 3. The summed E-state index contributed by atoms with van der Waals surface area (Å²) in [6.07, 6.45) is 3.79. The summed E-state index contributed by atoms with van der Waals surface area (Å²) < 4.78 is 6.99. The molecule has 0 aliphatic carbocycles. The van der Waals surface area contributed by atoms with Gasteiger partial charge < -0.3 is 9.72 Å². The molecule has 0 bridgehead atoms. The number of ether oxygens (including phenoxy) is 1. The van der Waals surface area contributed by atoms with Crippen LogP contribution >= 0.6 is 0 Å². The molecule has 0 aliphatic heterocycles. The summed E-state index contributed by atoms with van der Waals surface area (Å²) in [6, 6.07) is 15.4. The van der Waals surface area contributed by atoms with Crippen LogP contribution in [-0.2, 0) is 0 Å². The zero-order chi connectivity index (χ0) is 19.5. The fourth-order valence-corrected chi connectivity index (χ4v) is 3.10. The van der Waals surface area contributed by atoms with Gasteiger partial charge in [-0.05, 0) is 49.2 Å². The zero-order valence-corrected chi connectivity index (χ0v) is 16.0. The normalized spacial score (nSPS) is 11.6. The van der Waals surface area contributed by atoms with E-state index in [-0.39, 0.29) is 5.56 Å². The van der Waals surface area contributed by atoms with Gasteiger partial charge in [0.2, 0.25) is 0 Å². The van der Waals surface area contributed by atoms with Gasteiger partial charge in [-0.15, -0.1) is 0 Å². The minimum absolute atomic E-state index is 0.213. The number of unbranched alkanes of at least 4 members (excludes halogenated alkanes) is 1. The molecule has 0 spiro atoms. The van der Waals surface area contributed by atoms with E-state index in [2.05, 4.69) is 22.0 Å². The van der Waals surface area contributed by atoms with Gasteiger partial charge in [0.15, 0.2) is 0 Å². The highest BCUT2D eigenvalue weighted by molar-refractivity contribution is 6.04. The number of rotatable bonds is 6. The maximum atomic E-state index is 12.9. The van der Waals surface area contributed by atoms with Gasteiger partial charge >= 0.3 is 0 Å². The molecule has 4 aromatic rings. The first-order valence-corrected chi connectivity index (χ1v) is 9.44. The molecule has 2 aromatic carbocycles. The highest BCUT2D eigenvalue weighted by atomic mass is 16.5. The van der Waals surface area contributed by atoms with E-state index < -0.39 is 0 Å². The second-order valence-corrected chi connectivity index (χ2v) is 6.69. The average Bonchev–Trinajstić information content (AvgIpc) is 3.08. The van der Waals surface area contributed by atoms with E-state index >= 15 is 0 Å². The van der Waals surface area contributed by atoms with E-state index in [1.54, 1.807) is 13.1 Å². The van der Waals surface area contributed by atoms with Crippen LogP contribution < -0.4 is 10.3 Å². The lowest BCUT2D eigenvalue weighted by Crippen LogP contribution is -2.20. The molecule has 0 atom stereocenters. The summed E-state index contributed by atoms with van der Waals surface area (Å²) >= 11 is 0. The molecule has 0 radical (unpaired) electrons. The summed E-state index contributed by atoms with van der Waals surface area (Å²) in [4.78, 5) is 20.6. The third kappa shape index (κ3) is 3.41. The topological polar surface area (TPSA) is 72.3 Å². The minimum Gasteiger partial charge on any atom is -0.494 e. The number of para-hydroxylation sites is 1. The number of hydrogen-bond donors (Lipinski definition) is 1. The van der Waals surface area contributed by atoms with Crippen LogP contribution in [0.4, 0.5) is 0 Å². The molecule has 0 saturated carbocycles. The Morgan fingerprint density at radius 3 is 2.75 bits per heavy atom. The Kier molecular flexibility index (Phi) is 4.93. The van der Waals surface area contributed by atoms with Gasteiger partial charge in [-0.25, -0.2) is 4.98 Å². The Balaban J connectivity index is 1.64. The van der Waals surface area contributed by atoms with Crippen LogP contribution in [0.25, 0.3) is 21.9 Å². The molecule has 142 valence electrons. The second kappa shape index (κ2) is 7.68. The van der Waals surface area contributed by atoms with Gasteiger partial charge in [-0.1, -0.05) is 31.5 Å².